The molecular formula is C8H15NO2. The van der Waals surface area contributed by atoms with Gasteiger partial charge in [-0.2, -0.15) is 0 Å². The van der Waals surface area contributed by atoms with Crippen LogP contribution in [0.4, 0.5) is 0 Å². The minimum atomic E-state index is -0.185. The number of rotatable bonds is 3. The molecule has 1 N–H and O–H groups in total. The lowest BCUT2D eigenvalue weighted by Crippen LogP contribution is -2.67. The molecule has 0 spiro atoms. The van der Waals surface area contributed by atoms with Crippen LogP contribution in [0.25, 0.3) is 0 Å². The van der Waals surface area contributed by atoms with Crippen molar-refractivity contribution in [2.45, 2.75) is 26.3 Å². The van der Waals surface area contributed by atoms with Gasteiger partial charge < -0.3 is 10.1 Å². The average Bonchev–Trinajstić information content (AvgIpc) is 2.03. The first kappa shape index (κ1) is 8.53. The maximum atomic E-state index is 11.1. The Morgan fingerprint density at radius 3 is 2.73 bits per heavy atom. The van der Waals surface area contributed by atoms with Gasteiger partial charge in [0.2, 0.25) is 5.91 Å². The average molecular weight is 157 g/mol. The Hall–Kier alpha value is -0.570. The number of nitrogens with one attached hydrogen (secondary N) is 1. The fraction of sp³-hybridized carbons (Fsp3) is 0.875. The van der Waals surface area contributed by atoms with Gasteiger partial charge in [0.15, 0.2) is 0 Å². The van der Waals surface area contributed by atoms with Crippen molar-refractivity contribution in [2.75, 3.05) is 13.7 Å². The maximum absolute atomic E-state index is 11.1. The summed E-state index contributed by atoms with van der Waals surface area (Å²) >= 11 is 0. The van der Waals surface area contributed by atoms with Crippen molar-refractivity contribution in [3.63, 3.8) is 0 Å². The zero-order valence-electron chi connectivity index (χ0n) is 7.31. The van der Waals surface area contributed by atoms with Gasteiger partial charge >= 0.3 is 0 Å². The van der Waals surface area contributed by atoms with Crippen LogP contribution in [0.2, 0.25) is 0 Å². The molecule has 1 heterocycles. The number of carbonyl (C=O) groups excluding carboxylic acids is 1. The molecule has 1 aliphatic heterocycles. The topological polar surface area (TPSA) is 38.3 Å². The van der Waals surface area contributed by atoms with E-state index in [1.807, 2.05) is 13.8 Å². The van der Waals surface area contributed by atoms with Gasteiger partial charge in [0.05, 0.1) is 18.1 Å². The van der Waals surface area contributed by atoms with E-state index in [1.165, 1.54) is 0 Å². The van der Waals surface area contributed by atoms with E-state index in [-0.39, 0.29) is 17.4 Å². The first-order valence-electron chi connectivity index (χ1n) is 3.95. The van der Waals surface area contributed by atoms with Gasteiger partial charge in [0, 0.05) is 7.11 Å². The van der Waals surface area contributed by atoms with Crippen LogP contribution in [-0.4, -0.2) is 25.7 Å². The van der Waals surface area contributed by atoms with Crippen LogP contribution in [0.15, 0.2) is 0 Å². The molecule has 3 nitrogen and oxygen atoms in total. The highest BCUT2D eigenvalue weighted by Gasteiger charge is 2.49. The van der Waals surface area contributed by atoms with Crippen LogP contribution in [0.1, 0.15) is 20.3 Å². The Labute approximate surface area is 67.1 Å². The SMILES string of the molecule is CCC1(C)C(=O)NC1COC. The molecule has 64 valence electrons. The number of methoxy groups -OCH3 is 1. The number of hydrogen-bond acceptors (Lipinski definition) is 2. The lowest BCUT2D eigenvalue weighted by atomic mass is 9.72. The molecule has 0 bridgehead atoms. The minimum absolute atomic E-state index is 0.155. The van der Waals surface area contributed by atoms with E-state index < -0.39 is 0 Å². The van der Waals surface area contributed by atoms with Crippen molar-refractivity contribution in [1.82, 2.24) is 5.32 Å². The van der Waals surface area contributed by atoms with Crippen LogP contribution < -0.4 is 5.32 Å². The van der Waals surface area contributed by atoms with Gasteiger partial charge in [-0.1, -0.05) is 6.92 Å². The Balaban J connectivity index is 2.53. The molecule has 0 radical (unpaired) electrons. The van der Waals surface area contributed by atoms with Crippen LogP contribution in [0.5, 0.6) is 0 Å². The number of β-lactam (4-membered cyclic amide) rings is 1. The number of amides is 1. The molecule has 1 saturated heterocycles. The highest BCUT2D eigenvalue weighted by molar-refractivity contribution is 5.89. The lowest BCUT2D eigenvalue weighted by Gasteiger charge is -2.45. The normalized spacial score (nSPS) is 36.3. The molecule has 3 heteroatoms. The number of ether oxygens (including phenoxy) is 1. The summed E-state index contributed by atoms with van der Waals surface area (Å²) in [5.41, 5.74) is -0.185. The highest BCUT2D eigenvalue weighted by atomic mass is 16.5. The number of carbonyl (C=O) groups is 1. The van der Waals surface area contributed by atoms with Gasteiger partial charge in [-0.25, -0.2) is 0 Å². The van der Waals surface area contributed by atoms with E-state index in [0.29, 0.717) is 6.61 Å². The first-order valence-corrected chi connectivity index (χ1v) is 3.95. The molecular weight excluding hydrogens is 142 g/mol. The van der Waals surface area contributed by atoms with Crippen molar-refractivity contribution in [1.29, 1.82) is 0 Å². The molecule has 2 unspecified atom stereocenters. The molecule has 1 rings (SSSR count). The van der Waals surface area contributed by atoms with Gasteiger partial charge in [-0.3, -0.25) is 4.79 Å². The third kappa shape index (κ3) is 1.13. The van der Waals surface area contributed by atoms with E-state index >= 15 is 0 Å². The Morgan fingerprint density at radius 2 is 2.36 bits per heavy atom. The van der Waals surface area contributed by atoms with Crippen molar-refractivity contribution in [3.8, 4) is 0 Å². The van der Waals surface area contributed by atoms with Gasteiger partial charge in [0.1, 0.15) is 0 Å². The molecule has 1 fully saturated rings. The summed E-state index contributed by atoms with van der Waals surface area (Å²) < 4.78 is 4.98. The first-order chi connectivity index (χ1) is 5.15. The molecule has 11 heavy (non-hydrogen) atoms. The van der Waals surface area contributed by atoms with Gasteiger partial charge in [-0.05, 0) is 13.3 Å². The van der Waals surface area contributed by atoms with Crippen LogP contribution in [0.3, 0.4) is 0 Å². The summed E-state index contributed by atoms with van der Waals surface area (Å²) in [5.74, 6) is 0.155. The molecule has 0 aromatic heterocycles. The van der Waals surface area contributed by atoms with Crippen LogP contribution in [0, 0.1) is 5.41 Å². The molecule has 1 aliphatic rings. The zero-order chi connectivity index (χ0) is 8.48. The quantitative estimate of drug-likeness (QED) is 0.607. The molecule has 0 aliphatic carbocycles. The van der Waals surface area contributed by atoms with Crippen molar-refractivity contribution >= 4 is 5.91 Å². The van der Waals surface area contributed by atoms with E-state index in [4.69, 9.17) is 4.74 Å². The third-order valence-corrected chi connectivity index (χ3v) is 2.66. The summed E-state index contributed by atoms with van der Waals surface area (Å²) in [6.45, 7) is 4.63. The second kappa shape index (κ2) is 2.81. The molecule has 0 aromatic rings. The summed E-state index contributed by atoms with van der Waals surface area (Å²) in [7, 11) is 1.65. The predicted molar refractivity (Wildman–Crippen MR) is 42.2 cm³/mol. The zero-order valence-corrected chi connectivity index (χ0v) is 7.31. The van der Waals surface area contributed by atoms with Gasteiger partial charge in [-0.15, -0.1) is 0 Å². The van der Waals surface area contributed by atoms with Crippen molar-refractivity contribution in [3.05, 3.63) is 0 Å². The van der Waals surface area contributed by atoms with Crippen LogP contribution >= 0.6 is 0 Å². The van der Waals surface area contributed by atoms with Crippen LogP contribution in [-0.2, 0) is 9.53 Å². The smallest absolute Gasteiger partial charge is 0.228 e. The fourth-order valence-electron chi connectivity index (χ4n) is 1.36. The lowest BCUT2D eigenvalue weighted by molar-refractivity contribution is -0.147. The second-order valence-electron chi connectivity index (χ2n) is 3.25. The summed E-state index contributed by atoms with van der Waals surface area (Å²) in [4.78, 5) is 11.1. The molecule has 2 atom stereocenters. The van der Waals surface area contributed by atoms with E-state index in [9.17, 15) is 4.79 Å². The molecule has 1 amide bonds. The fourth-order valence-corrected chi connectivity index (χ4v) is 1.36. The predicted octanol–water partition coefficient (Wildman–Crippen LogP) is 0.547. The molecule has 0 saturated carbocycles. The van der Waals surface area contributed by atoms with Crippen molar-refractivity contribution < 1.29 is 9.53 Å². The van der Waals surface area contributed by atoms with E-state index in [0.717, 1.165) is 6.42 Å². The van der Waals surface area contributed by atoms with Crippen molar-refractivity contribution in [2.24, 2.45) is 5.41 Å². The summed E-state index contributed by atoms with van der Waals surface area (Å²) in [6.07, 6.45) is 0.882. The molecule has 0 aromatic carbocycles. The van der Waals surface area contributed by atoms with Gasteiger partial charge in [0.25, 0.3) is 0 Å². The summed E-state index contributed by atoms with van der Waals surface area (Å²) in [5, 5.41) is 2.82. The summed E-state index contributed by atoms with van der Waals surface area (Å²) in [6, 6.07) is 0.213. The number of hydrogen-bond donors (Lipinski definition) is 1. The maximum Gasteiger partial charge on any atom is 0.228 e. The standard InChI is InChI=1S/C8H15NO2/c1-4-8(2)6(5-11-3)9-7(8)10/h6H,4-5H2,1-3H3,(H,9,10). The third-order valence-electron chi connectivity index (χ3n) is 2.66. The Kier molecular flexibility index (Phi) is 2.18. The van der Waals surface area contributed by atoms with E-state index in [2.05, 4.69) is 5.32 Å². The Bertz CT molecular complexity index is 169. The highest BCUT2D eigenvalue weighted by Crippen LogP contribution is 2.33. The van der Waals surface area contributed by atoms with E-state index in [1.54, 1.807) is 7.11 Å². The Morgan fingerprint density at radius 1 is 1.73 bits per heavy atom. The minimum Gasteiger partial charge on any atom is -0.383 e. The monoisotopic (exact) mass is 157 g/mol. The second-order valence-corrected chi connectivity index (χ2v) is 3.25. The largest absolute Gasteiger partial charge is 0.383 e.